The van der Waals surface area contributed by atoms with Gasteiger partial charge in [0.15, 0.2) is 4.34 Å². The van der Waals surface area contributed by atoms with Crippen molar-refractivity contribution in [3.05, 3.63) is 80.8 Å². The molecule has 5 nitrogen and oxygen atoms in total. The van der Waals surface area contributed by atoms with Gasteiger partial charge in [-0.1, -0.05) is 52.7 Å². The average molecular weight is 545 g/mol. The van der Waals surface area contributed by atoms with E-state index in [1.807, 2.05) is 39.8 Å². The minimum absolute atomic E-state index is 0.0721. The van der Waals surface area contributed by atoms with Crippen LogP contribution in [0.4, 0.5) is 11.4 Å². The number of benzene rings is 3. The average Bonchev–Trinajstić information content (AvgIpc) is 3.17. The number of hydrogen-bond acceptors (Lipinski definition) is 5. The zero-order chi connectivity index (χ0) is 25.3. The van der Waals surface area contributed by atoms with Crippen molar-refractivity contribution in [2.24, 2.45) is 0 Å². The highest BCUT2D eigenvalue weighted by Gasteiger charge is 2.19. The third kappa shape index (κ3) is 5.98. The lowest BCUT2D eigenvalue weighted by Gasteiger charge is -2.15. The Hall–Kier alpha value is -2.58. The predicted molar refractivity (Wildman–Crippen MR) is 149 cm³/mol. The molecule has 0 saturated carbocycles. The number of thiazole rings is 1. The molecule has 0 aliphatic heterocycles. The molecule has 2 amide bonds. The lowest BCUT2D eigenvalue weighted by atomic mass is 10.1. The topological polar surface area (TPSA) is 71.1 Å². The van der Waals surface area contributed by atoms with Crippen LogP contribution in [0.2, 0.25) is 10.0 Å². The summed E-state index contributed by atoms with van der Waals surface area (Å²) in [6.07, 6.45) is 0. The summed E-state index contributed by atoms with van der Waals surface area (Å²) < 4.78 is 1.69. The summed E-state index contributed by atoms with van der Waals surface area (Å²) in [4.78, 5) is 30.1. The number of carbonyl (C=O) groups excluding carboxylic acids is 2. The summed E-state index contributed by atoms with van der Waals surface area (Å²) in [5, 5.41) is 6.35. The van der Waals surface area contributed by atoms with Gasteiger partial charge in [0, 0.05) is 16.4 Å². The molecule has 4 aromatic rings. The molecule has 3 aromatic carbocycles. The number of hydrogen-bond donors (Lipinski definition) is 2. The number of halogens is 2. The van der Waals surface area contributed by atoms with Gasteiger partial charge in [0.1, 0.15) is 0 Å². The molecule has 2 N–H and O–H groups in total. The monoisotopic (exact) mass is 543 g/mol. The number of aryl methyl sites for hydroxylation is 3. The second-order valence-electron chi connectivity index (χ2n) is 8.26. The largest absolute Gasteiger partial charge is 0.325 e. The molecular formula is C26H23Cl2N3O2S2. The highest BCUT2D eigenvalue weighted by molar-refractivity contribution is 8.02. The lowest BCUT2D eigenvalue weighted by molar-refractivity contribution is -0.115. The molecule has 0 aliphatic carbocycles. The Morgan fingerprint density at radius 1 is 0.971 bits per heavy atom. The van der Waals surface area contributed by atoms with Crippen LogP contribution in [-0.2, 0) is 4.79 Å². The molecule has 0 fully saturated rings. The minimum Gasteiger partial charge on any atom is -0.325 e. The van der Waals surface area contributed by atoms with Gasteiger partial charge in [-0.2, -0.15) is 0 Å². The molecule has 9 heteroatoms. The Balaban J connectivity index is 1.45. The number of carbonyl (C=O) groups is 2. The van der Waals surface area contributed by atoms with E-state index in [4.69, 9.17) is 23.2 Å². The van der Waals surface area contributed by atoms with E-state index >= 15 is 0 Å². The van der Waals surface area contributed by atoms with Gasteiger partial charge >= 0.3 is 0 Å². The Morgan fingerprint density at radius 2 is 1.69 bits per heavy atom. The summed E-state index contributed by atoms with van der Waals surface area (Å²) in [5.41, 5.74) is 5.89. The standard InChI is InChI=1S/C26H23Cl2N3O2S2/c1-13-9-14(2)23(15(3)10-13)31-24(32)16(4)34-26-30-21-8-6-18(12-22(21)35-26)29-25(33)19-7-5-17(27)11-20(19)28/h5-12,16H,1-4H3,(H,29,33)(H,31,32)/t16-/m1/s1. The molecule has 180 valence electrons. The molecule has 1 atom stereocenters. The van der Waals surface area contributed by atoms with Crippen LogP contribution in [0, 0.1) is 20.8 Å². The molecule has 0 bridgehead atoms. The van der Waals surface area contributed by atoms with Crippen molar-refractivity contribution in [2.45, 2.75) is 37.3 Å². The Labute approximate surface area is 222 Å². The van der Waals surface area contributed by atoms with Crippen LogP contribution < -0.4 is 10.6 Å². The van der Waals surface area contributed by atoms with Gasteiger partial charge in [0.05, 0.1) is 26.1 Å². The van der Waals surface area contributed by atoms with Crippen LogP contribution in [0.5, 0.6) is 0 Å². The van der Waals surface area contributed by atoms with Crippen molar-refractivity contribution in [3.63, 3.8) is 0 Å². The highest BCUT2D eigenvalue weighted by atomic mass is 35.5. The van der Waals surface area contributed by atoms with Crippen molar-refractivity contribution >= 4 is 79.7 Å². The zero-order valence-corrected chi connectivity index (χ0v) is 22.7. The summed E-state index contributed by atoms with van der Waals surface area (Å²) in [7, 11) is 0. The quantitative estimate of drug-likeness (QED) is 0.242. The number of thioether (sulfide) groups is 1. The van der Waals surface area contributed by atoms with E-state index in [0.29, 0.717) is 16.3 Å². The second kappa shape index (κ2) is 10.6. The van der Waals surface area contributed by atoms with Crippen molar-refractivity contribution in [1.29, 1.82) is 0 Å². The molecular weight excluding hydrogens is 521 g/mol. The first-order valence-electron chi connectivity index (χ1n) is 10.8. The van der Waals surface area contributed by atoms with Gasteiger partial charge in [-0.25, -0.2) is 4.98 Å². The molecule has 0 saturated heterocycles. The third-order valence-electron chi connectivity index (χ3n) is 5.37. The first-order valence-corrected chi connectivity index (χ1v) is 13.3. The molecule has 4 rings (SSSR count). The zero-order valence-electron chi connectivity index (χ0n) is 19.5. The van der Waals surface area contributed by atoms with Gasteiger partial charge in [-0.15, -0.1) is 11.3 Å². The van der Waals surface area contributed by atoms with Gasteiger partial charge < -0.3 is 10.6 Å². The van der Waals surface area contributed by atoms with Crippen molar-refractivity contribution in [1.82, 2.24) is 4.98 Å². The fraction of sp³-hybridized carbons (Fsp3) is 0.192. The maximum absolute atomic E-state index is 12.9. The number of anilines is 2. The number of nitrogens with zero attached hydrogens (tertiary/aromatic N) is 1. The normalized spacial score (nSPS) is 11.9. The molecule has 1 aromatic heterocycles. The Kier molecular flexibility index (Phi) is 7.71. The second-order valence-corrected chi connectivity index (χ2v) is 11.7. The van der Waals surface area contributed by atoms with Crippen molar-refractivity contribution < 1.29 is 9.59 Å². The van der Waals surface area contributed by atoms with E-state index in [0.717, 1.165) is 31.4 Å². The fourth-order valence-corrected chi connectivity index (χ4v) is 6.46. The number of fused-ring (bicyclic) bond motifs is 1. The smallest absolute Gasteiger partial charge is 0.257 e. The van der Waals surface area contributed by atoms with Crippen LogP contribution in [-0.4, -0.2) is 22.0 Å². The lowest BCUT2D eigenvalue weighted by Crippen LogP contribution is -2.23. The Bertz CT molecular complexity index is 1430. The van der Waals surface area contributed by atoms with Gasteiger partial charge in [0.25, 0.3) is 5.91 Å². The van der Waals surface area contributed by atoms with Crippen LogP contribution in [0.3, 0.4) is 0 Å². The summed E-state index contributed by atoms with van der Waals surface area (Å²) >= 11 is 15.0. The number of aromatic nitrogens is 1. The van der Waals surface area contributed by atoms with Gasteiger partial charge in [-0.3, -0.25) is 9.59 Å². The molecule has 35 heavy (non-hydrogen) atoms. The number of amides is 2. The molecule has 0 spiro atoms. The Morgan fingerprint density at radius 3 is 2.37 bits per heavy atom. The van der Waals surface area contributed by atoms with E-state index < -0.39 is 0 Å². The van der Waals surface area contributed by atoms with Crippen LogP contribution in [0.1, 0.15) is 34.0 Å². The third-order valence-corrected chi connectivity index (χ3v) is 8.13. The van der Waals surface area contributed by atoms with E-state index in [1.165, 1.54) is 34.7 Å². The van der Waals surface area contributed by atoms with Crippen LogP contribution in [0.15, 0.2) is 52.9 Å². The first kappa shape index (κ1) is 25.5. The molecule has 0 unspecified atom stereocenters. The van der Waals surface area contributed by atoms with E-state index in [9.17, 15) is 9.59 Å². The molecule has 1 heterocycles. The fourth-order valence-electron chi connectivity index (χ4n) is 3.71. The SMILES string of the molecule is Cc1cc(C)c(NC(=O)[C@@H](C)Sc2nc3ccc(NC(=O)c4ccc(Cl)cc4Cl)cc3s2)c(C)c1. The van der Waals surface area contributed by atoms with Crippen LogP contribution >= 0.6 is 46.3 Å². The summed E-state index contributed by atoms with van der Waals surface area (Å²) in [6.45, 7) is 7.91. The first-order chi connectivity index (χ1) is 16.6. The molecule has 0 aliphatic rings. The summed E-state index contributed by atoms with van der Waals surface area (Å²) in [6, 6.07) is 14.4. The van der Waals surface area contributed by atoms with Gasteiger partial charge in [-0.05, 0) is 75.2 Å². The van der Waals surface area contributed by atoms with E-state index in [2.05, 4.69) is 27.8 Å². The maximum atomic E-state index is 12.9. The highest BCUT2D eigenvalue weighted by Crippen LogP contribution is 2.34. The van der Waals surface area contributed by atoms with Crippen molar-refractivity contribution in [2.75, 3.05) is 10.6 Å². The summed E-state index contributed by atoms with van der Waals surface area (Å²) in [5.74, 6) is -0.394. The van der Waals surface area contributed by atoms with Crippen LogP contribution in [0.25, 0.3) is 10.2 Å². The van der Waals surface area contributed by atoms with Gasteiger partial charge in [0.2, 0.25) is 5.91 Å². The van der Waals surface area contributed by atoms with E-state index in [1.54, 1.807) is 18.2 Å². The van der Waals surface area contributed by atoms with E-state index in [-0.39, 0.29) is 22.1 Å². The predicted octanol–water partition coefficient (Wildman–Crippen LogP) is 7.90. The number of rotatable bonds is 6. The number of nitrogens with one attached hydrogen (secondary N) is 2. The minimum atomic E-state index is -0.332. The maximum Gasteiger partial charge on any atom is 0.257 e. The molecule has 0 radical (unpaired) electrons. The van der Waals surface area contributed by atoms with Crippen molar-refractivity contribution in [3.8, 4) is 0 Å².